The molecule has 0 aromatic carbocycles. The maximum absolute atomic E-state index is 11.4. The first-order valence-corrected chi connectivity index (χ1v) is 7.79. The number of piperazine rings is 1. The van der Waals surface area contributed by atoms with Crippen LogP contribution in [0.1, 0.15) is 12.6 Å². The minimum Gasteiger partial charge on any atom is -0.469 e. The Morgan fingerprint density at radius 2 is 2.17 bits per heavy atom. The summed E-state index contributed by atoms with van der Waals surface area (Å²) in [5, 5.41) is 7.19. The maximum atomic E-state index is 11.4. The van der Waals surface area contributed by atoms with Crippen molar-refractivity contribution >= 4 is 35.9 Å². The van der Waals surface area contributed by atoms with Gasteiger partial charge in [0.2, 0.25) is 0 Å². The number of ether oxygens (including phenoxy) is 1. The zero-order valence-corrected chi connectivity index (χ0v) is 16.7. The van der Waals surface area contributed by atoms with Gasteiger partial charge in [-0.1, -0.05) is 12.1 Å². The van der Waals surface area contributed by atoms with Crippen molar-refractivity contribution in [2.75, 3.05) is 46.9 Å². The molecule has 1 aromatic rings. The molecule has 1 N–H and O–H groups in total. The average Bonchev–Trinajstić information content (AvgIpc) is 3.08. The lowest BCUT2D eigenvalue weighted by Crippen LogP contribution is -2.52. The highest BCUT2D eigenvalue weighted by Gasteiger charge is 2.21. The first kappa shape index (κ1) is 20.7. The van der Waals surface area contributed by atoms with Gasteiger partial charge < -0.3 is 19.5 Å². The fourth-order valence-electron chi connectivity index (χ4n) is 2.53. The Kier molecular flexibility index (Phi) is 9.04. The molecule has 136 valence electrons. The number of halogens is 1. The van der Waals surface area contributed by atoms with Crippen molar-refractivity contribution < 1.29 is 14.1 Å². The van der Waals surface area contributed by atoms with Crippen LogP contribution in [0.4, 0.5) is 0 Å². The summed E-state index contributed by atoms with van der Waals surface area (Å²) in [6.07, 6.45) is 1.60. The zero-order valence-electron chi connectivity index (χ0n) is 14.4. The molecule has 1 aliphatic heterocycles. The summed E-state index contributed by atoms with van der Waals surface area (Å²) in [6, 6.07) is 1.89. The number of nitrogens with zero attached hydrogens (tertiary/aromatic N) is 4. The Labute approximate surface area is 159 Å². The highest BCUT2D eigenvalue weighted by molar-refractivity contribution is 14.0. The second kappa shape index (κ2) is 10.5. The van der Waals surface area contributed by atoms with E-state index in [0.717, 1.165) is 44.4 Å². The zero-order chi connectivity index (χ0) is 16.7. The Morgan fingerprint density at radius 3 is 2.71 bits per heavy atom. The molecule has 0 aliphatic carbocycles. The Bertz CT molecular complexity index is 515. The van der Waals surface area contributed by atoms with Crippen molar-refractivity contribution in [1.82, 2.24) is 20.3 Å². The average molecular weight is 451 g/mol. The van der Waals surface area contributed by atoms with E-state index >= 15 is 0 Å². The third-order valence-electron chi connectivity index (χ3n) is 3.93. The fraction of sp³-hybridized carbons (Fsp3) is 0.667. The van der Waals surface area contributed by atoms with E-state index in [0.29, 0.717) is 6.54 Å². The van der Waals surface area contributed by atoms with Gasteiger partial charge in [0.15, 0.2) is 5.96 Å². The Balaban J connectivity index is 0.00000288. The molecule has 0 saturated carbocycles. The van der Waals surface area contributed by atoms with Crippen molar-refractivity contribution in [2.45, 2.75) is 13.5 Å². The second-order valence-electron chi connectivity index (χ2n) is 5.61. The number of hydrogen-bond acceptors (Lipinski definition) is 6. The van der Waals surface area contributed by atoms with Crippen LogP contribution in [0.5, 0.6) is 0 Å². The molecule has 1 aromatic heterocycles. The predicted octanol–water partition coefficient (Wildman–Crippen LogP) is 0.795. The summed E-state index contributed by atoms with van der Waals surface area (Å²) in [6.45, 7) is 6.77. The number of aromatic nitrogens is 1. The van der Waals surface area contributed by atoms with E-state index in [1.807, 2.05) is 13.0 Å². The van der Waals surface area contributed by atoms with Crippen molar-refractivity contribution in [2.24, 2.45) is 10.9 Å². The fourth-order valence-corrected chi connectivity index (χ4v) is 2.53. The van der Waals surface area contributed by atoms with Crippen LogP contribution in [0.2, 0.25) is 0 Å². The molecule has 24 heavy (non-hydrogen) atoms. The number of methoxy groups -OCH3 is 1. The lowest BCUT2D eigenvalue weighted by Gasteiger charge is -2.36. The van der Waals surface area contributed by atoms with Gasteiger partial charge in [-0.25, -0.2) is 0 Å². The largest absolute Gasteiger partial charge is 0.469 e. The second-order valence-corrected chi connectivity index (χ2v) is 5.61. The van der Waals surface area contributed by atoms with Gasteiger partial charge in [0.05, 0.1) is 18.7 Å². The lowest BCUT2D eigenvalue weighted by molar-refractivity contribution is -0.144. The molecular weight excluding hydrogens is 425 g/mol. The molecule has 0 amide bonds. The van der Waals surface area contributed by atoms with Gasteiger partial charge in [-0.05, 0) is 0 Å². The van der Waals surface area contributed by atoms with Crippen LogP contribution < -0.4 is 5.32 Å². The third kappa shape index (κ3) is 5.93. The van der Waals surface area contributed by atoms with Crippen LogP contribution in [0.3, 0.4) is 0 Å². The molecule has 1 saturated heterocycles. The molecule has 8 nitrogen and oxygen atoms in total. The van der Waals surface area contributed by atoms with Gasteiger partial charge in [-0.15, -0.1) is 24.0 Å². The summed E-state index contributed by atoms with van der Waals surface area (Å²) < 4.78 is 9.60. The van der Waals surface area contributed by atoms with Crippen LogP contribution in [-0.4, -0.2) is 73.8 Å². The summed E-state index contributed by atoms with van der Waals surface area (Å²) >= 11 is 0. The van der Waals surface area contributed by atoms with Gasteiger partial charge in [0.1, 0.15) is 6.26 Å². The first-order valence-electron chi connectivity index (χ1n) is 7.79. The number of hydrogen-bond donors (Lipinski definition) is 1. The highest BCUT2D eigenvalue weighted by atomic mass is 127. The van der Waals surface area contributed by atoms with E-state index < -0.39 is 0 Å². The molecule has 1 atom stereocenters. The predicted molar refractivity (Wildman–Crippen MR) is 101 cm³/mol. The van der Waals surface area contributed by atoms with E-state index in [4.69, 9.17) is 9.26 Å². The molecule has 9 heteroatoms. The molecule has 1 fully saturated rings. The number of carbonyl (C=O) groups excluding carboxylic acids is 1. The minimum absolute atomic E-state index is 0. The van der Waals surface area contributed by atoms with Crippen molar-refractivity contribution in [1.29, 1.82) is 0 Å². The summed E-state index contributed by atoms with van der Waals surface area (Å²) in [5.74, 6) is 0.400. The van der Waals surface area contributed by atoms with Gasteiger partial charge in [0, 0.05) is 52.4 Å². The van der Waals surface area contributed by atoms with E-state index in [1.165, 1.54) is 7.11 Å². The molecule has 1 unspecified atom stereocenters. The number of esters is 1. The van der Waals surface area contributed by atoms with Crippen LogP contribution >= 0.6 is 24.0 Å². The molecule has 0 bridgehead atoms. The minimum atomic E-state index is -0.217. The topological polar surface area (TPSA) is 83.2 Å². The van der Waals surface area contributed by atoms with Crippen molar-refractivity contribution in [3.8, 4) is 0 Å². The van der Waals surface area contributed by atoms with Crippen LogP contribution in [0, 0.1) is 5.92 Å². The first-order chi connectivity index (χ1) is 11.1. The smallest absolute Gasteiger partial charge is 0.310 e. The van der Waals surface area contributed by atoms with Crippen molar-refractivity contribution in [3.05, 3.63) is 18.0 Å². The number of rotatable bonds is 5. The molecular formula is C15H26IN5O3. The summed E-state index contributed by atoms with van der Waals surface area (Å²) in [4.78, 5) is 20.3. The quantitative estimate of drug-likeness (QED) is 0.307. The van der Waals surface area contributed by atoms with E-state index in [1.54, 1.807) is 13.3 Å². The van der Waals surface area contributed by atoms with Gasteiger partial charge in [0.25, 0.3) is 0 Å². The lowest BCUT2D eigenvalue weighted by atomic mass is 10.2. The van der Waals surface area contributed by atoms with Crippen LogP contribution in [0.15, 0.2) is 21.8 Å². The standard InChI is InChI=1S/C15H25N5O3.HI/c1-12(14(21)22-3)10-17-15(16-2)20-7-5-19(6-8-20)11-13-4-9-23-18-13;/h4,9,12H,5-8,10-11H2,1-3H3,(H,16,17);1H. The number of nitrogens with one attached hydrogen (secondary N) is 1. The third-order valence-corrected chi connectivity index (χ3v) is 3.93. The Morgan fingerprint density at radius 1 is 1.46 bits per heavy atom. The number of carbonyl (C=O) groups is 1. The molecule has 2 heterocycles. The summed E-state index contributed by atoms with van der Waals surface area (Å²) in [7, 11) is 3.16. The maximum Gasteiger partial charge on any atom is 0.310 e. The van der Waals surface area contributed by atoms with Crippen LogP contribution in [0.25, 0.3) is 0 Å². The van der Waals surface area contributed by atoms with E-state index in [-0.39, 0.29) is 35.9 Å². The molecule has 0 radical (unpaired) electrons. The number of aliphatic imine (C=N–C) groups is 1. The van der Waals surface area contributed by atoms with Gasteiger partial charge in [-0.3, -0.25) is 14.7 Å². The molecule has 2 rings (SSSR count). The van der Waals surface area contributed by atoms with Gasteiger partial charge in [-0.2, -0.15) is 0 Å². The van der Waals surface area contributed by atoms with E-state index in [9.17, 15) is 4.79 Å². The highest BCUT2D eigenvalue weighted by Crippen LogP contribution is 2.07. The normalized spacial score (nSPS) is 17.1. The molecule has 1 aliphatic rings. The number of guanidine groups is 1. The molecule has 0 spiro atoms. The monoisotopic (exact) mass is 451 g/mol. The van der Waals surface area contributed by atoms with Gasteiger partial charge >= 0.3 is 5.97 Å². The van der Waals surface area contributed by atoms with Crippen molar-refractivity contribution in [3.63, 3.8) is 0 Å². The summed E-state index contributed by atoms with van der Waals surface area (Å²) in [5.41, 5.74) is 0.952. The van der Waals surface area contributed by atoms with E-state index in [2.05, 4.69) is 25.3 Å². The Hall–Kier alpha value is -1.36. The SMILES string of the molecule is CN=C(NCC(C)C(=O)OC)N1CCN(Cc2ccon2)CC1.I. The van der Waals surface area contributed by atoms with Crippen LogP contribution in [-0.2, 0) is 16.1 Å².